The Bertz CT molecular complexity index is 2830. The minimum Gasteiger partial charge on any atom is -0.456 e. The first-order valence-electron chi connectivity index (χ1n) is 16.1. The lowest BCUT2D eigenvalue weighted by molar-refractivity contribution is 0.669. The second-order valence-electron chi connectivity index (χ2n) is 12.2. The van der Waals surface area contributed by atoms with Crippen LogP contribution in [-0.4, -0.2) is 9.97 Å². The lowest BCUT2D eigenvalue weighted by Gasteiger charge is -2.11. The van der Waals surface area contributed by atoms with Crippen molar-refractivity contribution in [3.8, 4) is 44.9 Å². The second kappa shape index (κ2) is 10.7. The Morgan fingerprint density at radius 3 is 1.98 bits per heavy atom. The molecule has 0 saturated heterocycles. The average molecular weight is 631 g/mol. The molecule has 10 aromatic rings. The van der Waals surface area contributed by atoms with Crippen molar-refractivity contribution in [2.45, 2.75) is 0 Å². The molecule has 224 valence electrons. The van der Waals surface area contributed by atoms with E-state index in [1.165, 1.54) is 26.6 Å². The van der Waals surface area contributed by atoms with E-state index in [0.717, 1.165) is 65.5 Å². The molecule has 7 aromatic carbocycles. The van der Waals surface area contributed by atoms with Crippen LogP contribution in [0.5, 0.6) is 0 Å². The lowest BCUT2D eigenvalue weighted by atomic mass is 9.96. The molecule has 0 radical (unpaired) electrons. The van der Waals surface area contributed by atoms with Gasteiger partial charge in [0.05, 0.1) is 15.9 Å². The number of nitrogens with zero attached hydrogens (tertiary/aromatic N) is 2. The normalized spacial score (nSPS) is 11.8. The van der Waals surface area contributed by atoms with Gasteiger partial charge in [0.2, 0.25) is 0 Å². The van der Waals surface area contributed by atoms with Crippen LogP contribution in [0.15, 0.2) is 162 Å². The number of hydrogen-bond donors (Lipinski definition) is 0. The van der Waals surface area contributed by atoms with Gasteiger partial charge < -0.3 is 4.42 Å². The maximum Gasteiger partial charge on any atom is 0.161 e. The van der Waals surface area contributed by atoms with E-state index < -0.39 is 0 Å². The van der Waals surface area contributed by atoms with Gasteiger partial charge in [-0.1, -0.05) is 127 Å². The number of aromatic nitrogens is 2. The van der Waals surface area contributed by atoms with E-state index in [-0.39, 0.29) is 0 Å². The molecule has 10 rings (SSSR count). The highest BCUT2D eigenvalue weighted by molar-refractivity contribution is 7.26. The summed E-state index contributed by atoms with van der Waals surface area (Å²) < 4.78 is 8.82. The van der Waals surface area contributed by atoms with E-state index in [1.807, 2.05) is 18.2 Å². The first-order valence-corrected chi connectivity index (χ1v) is 16.9. The molecule has 3 heterocycles. The summed E-state index contributed by atoms with van der Waals surface area (Å²) in [6.45, 7) is 0. The van der Waals surface area contributed by atoms with Crippen LogP contribution >= 0.6 is 11.3 Å². The van der Waals surface area contributed by atoms with Crippen molar-refractivity contribution in [1.29, 1.82) is 0 Å². The minimum absolute atomic E-state index is 0.688. The second-order valence-corrected chi connectivity index (χ2v) is 13.2. The predicted octanol–water partition coefficient (Wildman–Crippen LogP) is 12.6. The largest absolute Gasteiger partial charge is 0.456 e. The van der Waals surface area contributed by atoms with E-state index in [2.05, 4.69) is 140 Å². The lowest BCUT2D eigenvalue weighted by Crippen LogP contribution is -1.95. The smallest absolute Gasteiger partial charge is 0.161 e. The maximum atomic E-state index is 6.52. The van der Waals surface area contributed by atoms with Gasteiger partial charge in [0.15, 0.2) is 5.82 Å². The van der Waals surface area contributed by atoms with Crippen molar-refractivity contribution >= 4 is 64.4 Å². The van der Waals surface area contributed by atoms with Crippen LogP contribution in [0.3, 0.4) is 0 Å². The molecule has 3 nitrogen and oxygen atoms in total. The topological polar surface area (TPSA) is 38.9 Å². The van der Waals surface area contributed by atoms with Crippen molar-refractivity contribution in [2.75, 3.05) is 0 Å². The average Bonchev–Trinajstić information content (AvgIpc) is 3.73. The molecule has 0 spiro atoms. The van der Waals surface area contributed by atoms with Crippen molar-refractivity contribution in [3.63, 3.8) is 0 Å². The van der Waals surface area contributed by atoms with Gasteiger partial charge >= 0.3 is 0 Å². The Morgan fingerprint density at radius 2 is 1.12 bits per heavy atom. The fourth-order valence-electron chi connectivity index (χ4n) is 6.93. The highest BCUT2D eigenvalue weighted by Gasteiger charge is 2.21. The summed E-state index contributed by atoms with van der Waals surface area (Å²) in [6.07, 6.45) is 0. The summed E-state index contributed by atoms with van der Waals surface area (Å²) in [5, 5.41) is 5.62. The fourth-order valence-corrected chi connectivity index (χ4v) is 8.08. The third-order valence-electron chi connectivity index (χ3n) is 9.29. The fraction of sp³-hybridized carbons (Fsp3) is 0. The predicted molar refractivity (Wildman–Crippen MR) is 201 cm³/mol. The quantitative estimate of drug-likeness (QED) is 0.194. The van der Waals surface area contributed by atoms with Crippen molar-refractivity contribution in [1.82, 2.24) is 9.97 Å². The number of benzene rings is 7. The van der Waals surface area contributed by atoms with E-state index in [0.29, 0.717) is 5.82 Å². The minimum atomic E-state index is 0.688. The van der Waals surface area contributed by atoms with Gasteiger partial charge in [0.25, 0.3) is 0 Å². The summed E-state index contributed by atoms with van der Waals surface area (Å²) in [7, 11) is 0. The first kappa shape index (κ1) is 27.1. The van der Waals surface area contributed by atoms with Crippen molar-refractivity contribution in [2.24, 2.45) is 0 Å². The Morgan fingerprint density at radius 1 is 0.458 bits per heavy atom. The number of para-hydroxylation sites is 1. The molecule has 0 atom stereocenters. The van der Waals surface area contributed by atoms with Crippen LogP contribution in [0.2, 0.25) is 0 Å². The molecule has 0 bridgehead atoms. The zero-order chi connectivity index (χ0) is 31.6. The van der Waals surface area contributed by atoms with Crippen LogP contribution in [0.1, 0.15) is 0 Å². The van der Waals surface area contributed by atoms with Gasteiger partial charge in [0.1, 0.15) is 11.2 Å². The summed E-state index contributed by atoms with van der Waals surface area (Å²) in [6, 6.07) is 55.5. The molecule has 0 N–H and O–H groups in total. The molecule has 3 aromatic heterocycles. The van der Waals surface area contributed by atoms with Gasteiger partial charge in [0, 0.05) is 32.0 Å². The molecular weight excluding hydrogens is 605 g/mol. The molecule has 0 aliphatic carbocycles. The molecule has 0 fully saturated rings. The monoisotopic (exact) mass is 630 g/mol. The van der Waals surface area contributed by atoms with Crippen LogP contribution in [0, 0.1) is 0 Å². The Hall–Kier alpha value is -6.10. The van der Waals surface area contributed by atoms with E-state index in [1.54, 1.807) is 11.3 Å². The molecular formula is C44H26N2OS. The van der Waals surface area contributed by atoms with E-state index >= 15 is 0 Å². The SMILES string of the molecule is c1ccc(-c2ccc(-c3cc(-c4nc(-c5ccc6ccccc6c5)c5sc6ccccc6c5n4)c4c(c3)oc3ccccc34)cc2)cc1. The summed E-state index contributed by atoms with van der Waals surface area (Å²) in [4.78, 5) is 10.8. The van der Waals surface area contributed by atoms with Gasteiger partial charge in [-0.15, -0.1) is 11.3 Å². The third-order valence-corrected chi connectivity index (χ3v) is 10.5. The standard InChI is InChI=1S/C44H26N2OS/c1-2-10-27(11-3-1)29-18-20-30(21-19-29)33-25-36(40-34-14-6-8-16-37(34)47-38(40)26-33)44-45-41(32-23-22-28-12-4-5-13-31(28)24-32)43-42(46-44)35-15-7-9-17-39(35)48-43/h1-26H. The van der Waals surface area contributed by atoms with Gasteiger partial charge in [-0.25, -0.2) is 9.97 Å². The Kier molecular flexibility index (Phi) is 6.05. The number of hydrogen-bond acceptors (Lipinski definition) is 4. The highest BCUT2D eigenvalue weighted by Crippen LogP contribution is 2.43. The number of rotatable bonds is 4. The number of fused-ring (bicyclic) bond motifs is 7. The highest BCUT2D eigenvalue weighted by atomic mass is 32.1. The molecule has 0 unspecified atom stereocenters. The summed E-state index contributed by atoms with van der Waals surface area (Å²) in [5.74, 6) is 0.688. The maximum absolute atomic E-state index is 6.52. The van der Waals surface area contributed by atoms with E-state index in [4.69, 9.17) is 14.4 Å². The molecule has 0 aliphatic rings. The van der Waals surface area contributed by atoms with Gasteiger partial charge in [-0.05, 0) is 63.4 Å². The Balaban J connectivity index is 1.25. The Labute approximate surface area is 280 Å². The third kappa shape index (κ3) is 4.34. The van der Waals surface area contributed by atoms with Crippen molar-refractivity contribution in [3.05, 3.63) is 158 Å². The summed E-state index contributed by atoms with van der Waals surface area (Å²) in [5.41, 5.74) is 10.2. The van der Waals surface area contributed by atoms with Gasteiger partial charge in [-0.3, -0.25) is 0 Å². The van der Waals surface area contributed by atoms with Crippen LogP contribution < -0.4 is 0 Å². The molecule has 0 amide bonds. The molecule has 48 heavy (non-hydrogen) atoms. The van der Waals surface area contributed by atoms with Crippen LogP contribution in [0.4, 0.5) is 0 Å². The summed E-state index contributed by atoms with van der Waals surface area (Å²) >= 11 is 1.76. The molecule has 0 saturated carbocycles. The zero-order valence-corrected chi connectivity index (χ0v) is 26.5. The van der Waals surface area contributed by atoms with Crippen LogP contribution in [0.25, 0.3) is 97.9 Å². The number of thiophene rings is 1. The van der Waals surface area contributed by atoms with Gasteiger partial charge in [-0.2, -0.15) is 0 Å². The first-order chi connectivity index (χ1) is 23.8. The van der Waals surface area contributed by atoms with E-state index in [9.17, 15) is 0 Å². The number of furan rings is 1. The molecule has 4 heteroatoms. The van der Waals surface area contributed by atoms with Crippen LogP contribution in [-0.2, 0) is 0 Å². The van der Waals surface area contributed by atoms with Crippen molar-refractivity contribution < 1.29 is 4.42 Å². The molecule has 0 aliphatic heterocycles. The zero-order valence-electron chi connectivity index (χ0n) is 25.7.